The van der Waals surface area contributed by atoms with Crippen LogP contribution in [0.5, 0.6) is 0 Å². The largest absolute Gasteiger partial charge is 0.450 e. The quantitative estimate of drug-likeness (QED) is 0.842. The molecule has 22 heavy (non-hydrogen) atoms. The van der Waals surface area contributed by atoms with Crippen molar-refractivity contribution >= 4 is 12.0 Å². The number of nitrogens with one attached hydrogen (secondary N) is 2. The number of aryl methyl sites for hydroxylation is 1. The fourth-order valence-electron chi connectivity index (χ4n) is 2.33. The van der Waals surface area contributed by atoms with E-state index in [9.17, 15) is 14.4 Å². The average molecular weight is 308 g/mol. The second-order valence-electron chi connectivity index (χ2n) is 5.15. The molecule has 2 amide bonds. The van der Waals surface area contributed by atoms with Crippen LogP contribution in [0.4, 0.5) is 4.79 Å². The van der Waals surface area contributed by atoms with Gasteiger partial charge in [0, 0.05) is 25.3 Å². The van der Waals surface area contributed by atoms with Crippen LogP contribution < -0.4 is 10.9 Å². The molecule has 8 heteroatoms. The van der Waals surface area contributed by atoms with Crippen LogP contribution in [0.3, 0.4) is 0 Å². The molecule has 1 fully saturated rings. The number of piperidine rings is 1. The van der Waals surface area contributed by atoms with Gasteiger partial charge in [-0.3, -0.25) is 9.59 Å². The molecule has 1 aliphatic rings. The van der Waals surface area contributed by atoms with Crippen molar-refractivity contribution in [3.8, 4) is 0 Å². The van der Waals surface area contributed by atoms with E-state index in [1.54, 1.807) is 18.7 Å². The zero-order valence-electron chi connectivity index (χ0n) is 12.7. The number of H-pyrrole nitrogens is 1. The zero-order chi connectivity index (χ0) is 16.1. The van der Waals surface area contributed by atoms with Crippen molar-refractivity contribution in [3.05, 3.63) is 27.9 Å². The molecule has 2 N–H and O–H groups in total. The molecular weight excluding hydrogens is 288 g/mol. The van der Waals surface area contributed by atoms with Gasteiger partial charge in [-0.25, -0.2) is 9.78 Å². The molecule has 120 valence electrons. The van der Waals surface area contributed by atoms with E-state index in [0.29, 0.717) is 38.4 Å². The van der Waals surface area contributed by atoms with Crippen molar-refractivity contribution < 1.29 is 14.3 Å². The summed E-state index contributed by atoms with van der Waals surface area (Å²) in [7, 11) is 0. The third-order valence-electron chi connectivity index (χ3n) is 3.53. The van der Waals surface area contributed by atoms with Crippen LogP contribution in [0.2, 0.25) is 0 Å². The van der Waals surface area contributed by atoms with Gasteiger partial charge in [0.15, 0.2) is 0 Å². The summed E-state index contributed by atoms with van der Waals surface area (Å²) in [6.07, 6.45) is 2.20. The summed E-state index contributed by atoms with van der Waals surface area (Å²) in [5.41, 5.74) is -0.451. The molecule has 2 heterocycles. The fraction of sp³-hybridized carbons (Fsp3) is 0.571. The summed E-state index contributed by atoms with van der Waals surface area (Å²) in [5.74, 6) is 0.0210. The van der Waals surface area contributed by atoms with Crippen LogP contribution in [0, 0.1) is 6.92 Å². The fourth-order valence-corrected chi connectivity index (χ4v) is 2.33. The van der Waals surface area contributed by atoms with Gasteiger partial charge < -0.3 is 19.9 Å². The number of likely N-dealkylation sites (tertiary alicyclic amines) is 1. The Morgan fingerprint density at radius 2 is 2.14 bits per heavy atom. The number of nitrogens with zero attached hydrogens (tertiary/aromatic N) is 2. The Balaban J connectivity index is 1.89. The molecule has 0 aliphatic carbocycles. The molecule has 0 saturated carbocycles. The van der Waals surface area contributed by atoms with E-state index >= 15 is 0 Å². The molecule has 0 bridgehead atoms. The van der Waals surface area contributed by atoms with E-state index in [2.05, 4.69) is 15.3 Å². The minimum atomic E-state index is -0.450. The van der Waals surface area contributed by atoms with E-state index < -0.39 is 11.5 Å². The molecule has 0 unspecified atom stereocenters. The third kappa shape index (κ3) is 3.84. The summed E-state index contributed by atoms with van der Waals surface area (Å²) in [6, 6.07) is -0.0705. The predicted octanol–water partition coefficient (Wildman–Crippen LogP) is 0.429. The second kappa shape index (κ2) is 7.06. The smallest absolute Gasteiger partial charge is 0.409 e. The van der Waals surface area contributed by atoms with Crippen LogP contribution >= 0.6 is 0 Å². The number of aromatic nitrogens is 2. The maximum atomic E-state index is 12.1. The number of hydrogen-bond acceptors (Lipinski definition) is 5. The Morgan fingerprint density at radius 3 is 2.73 bits per heavy atom. The van der Waals surface area contributed by atoms with Gasteiger partial charge in [-0.1, -0.05) is 0 Å². The minimum absolute atomic E-state index is 0.00146. The monoisotopic (exact) mass is 308 g/mol. The lowest BCUT2D eigenvalue weighted by atomic mass is 10.1. The van der Waals surface area contributed by atoms with Gasteiger partial charge in [-0.05, 0) is 26.7 Å². The van der Waals surface area contributed by atoms with Crippen LogP contribution in [0.1, 0.15) is 35.9 Å². The molecule has 0 spiro atoms. The first-order valence-corrected chi connectivity index (χ1v) is 7.29. The second-order valence-corrected chi connectivity index (χ2v) is 5.15. The van der Waals surface area contributed by atoms with Gasteiger partial charge in [0.05, 0.1) is 6.61 Å². The average Bonchev–Trinajstić information content (AvgIpc) is 2.48. The maximum Gasteiger partial charge on any atom is 0.409 e. The first-order chi connectivity index (χ1) is 10.5. The van der Waals surface area contributed by atoms with Gasteiger partial charge in [0.2, 0.25) is 0 Å². The first-order valence-electron chi connectivity index (χ1n) is 7.29. The lowest BCUT2D eigenvalue weighted by Crippen LogP contribution is -2.47. The lowest BCUT2D eigenvalue weighted by Gasteiger charge is -2.31. The molecule has 1 aliphatic heterocycles. The van der Waals surface area contributed by atoms with E-state index in [4.69, 9.17) is 4.74 Å². The highest BCUT2D eigenvalue weighted by atomic mass is 16.6. The standard InChI is InChI=1S/C14H20N4O4/c1-3-22-14(21)18-6-4-10(5-7-18)17-13(20)11-8-15-9(2)16-12(11)19/h8,10H,3-7H2,1-2H3,(H,17,20)(H,15,16,19). The van der Waals surface area contributed by atoms with E-state index in [1.807, 2.05) is 0 Å². The molecule has 0 atom stereocenters. The lowest BCUT2D eigenvalue weighted by molar-refractivity contribution is 0.0859. The number of amides is 2. The van der Waals surface area contributed by atoms with Crippen LogP contribution in [0.15, 0.2) is 11.0 Å². The molecule has 1 aromatic heterocycles. The Morgan fingerprint density at radius 1 is 1.45 bits per heavy atom. The summed E-state index contributed by atoms with van der Waals surface area (Å²) in [4.78, 5) is 43.4. The molecule has 1 aromatic rings. The topological polar surface area (TPSA) is 104 Å². The highest BCUT2D eigenvalue weighted by Gasteiger charge is 2.25. The van der Waals surface area contributed by atoms with Crippen LogP contribution in [-0.2, 0) is 4.74 Å². The Hall–Kier alpha value is -2.38. The van der Waals surface area contributed by atoms with Crippen molar-refractivity contribution in [3.63, 3.8) is 0 Å². The molecular formula is C14H20N4O4. The van der Waals surface area contributed by atoms with Crippen molar-refractivity contribution in [1.29, 1.82) is 0 Å². The SMILES string of the molecule is CCOC(=O)N1CCC(NC(=O)c2cnc(C)[nH]c2=O)CC1. The van der Waals surface area contributed by atoms with E-state index in [0.717, 1.165) is 0 Å². The van der Waals surface area contributed by atoms with Gasteiger partial charge in [-0.2, -0.15) is 0 Å². The Kier molecular flexibility index (Phi) is 5.13. The van der Waals surface area contributed by atoms with Crippen LogP contribution in [0.25, 0.3) is 0 Å². The Bertz CT molecular complexity index is 605. The highest BCUT2D eigenvalue weighted by Crippen LogP contribution is 2.11. The maximum absolute atomic E-state index is 12.1. The molecule has 1 saturated heterocycles. The van der Waals surface area contributed by atoms with E-state index in [1.165, 1.54) is 6.20 Å². The van der Waals surface area contributed by atoms with Crippen molar-refractivity contribution in [2.75, 3.05) is 19.7 Å². The predicted molar refractivity (Wildman–Crippen MR) is 78.7 cm³/mol. The van der Waals surface area contributed by atoms with E-state index in [-0.39, 0.29) is 17.7 Å². The minimum Gasteiger partial charge on any atom is -0.450 e. The van der Waals surface area contributed by atoms with Gasteiger partial charge in [0.1, 0.15) is 11.4 Å². The van der Waals surface area contributed by atoms with Crippen molar-refractivity contribution in [2.45, 2.75) is 32.7 Å². The Labute approximate surface area is 127 Å². The highest BCUT2D eigenvalue weighted by molar-refractivity contribution is 5.93. The van der Waals surface area contributed by atoms with Crippen molar-refractivity contribution in [1.82, 2.24) is 20.2 Å². The normalized spacial score (nSPS) is 15.5. The van der Waals surface area contributed by atoms with Crippen LogP contribution in [-0.4, -0.2) is 52.6 Å². The number of hydrogen-bond donors (Lipinski definition) is 2. The molecule has 0 aromatic carbocycles. The van der Waals surface area contributed by atoms with Gasteiger partial charge >= 0.3 is 6.09 Å². The summed E-state index contributed by atoms with van der Waals surface area (Å²) in [6.45, 7) is 4.80. The zero-order valence-corrected chi connectivity index (χ0v) is 12.7. The summed E-state index contributed by atoms with van der Waals surface area (Å²) >= 11 is 0. The summed E-state index contributed by atoms with van der Waals surface area (Å²) < 4.78 is 4.94. The molecule has 2 rings (SSSR count). The van der Waals surface area contributed by atoms with Gasteiger partial charge in [-0.15, -0.1) is 0 Å². The number of aromatic amines is 1. The molecule has 0 radical (unpaired) electrons. The molecule has 8 nitrogen and oxygen atoms in total. The summed E-state index contributed by atoms with van der Waals surface area (Å²) in [5, 5.41) is 2.81. The third-order valence-corrected chi connectivity index (χ3v) is 3.53. The number of ether oxygens (including phenoxy) is 1. The van der Waals surface area contributed by atoms with Crippen molar-refractivity contribution in [2.24, 2.45) is 0 Å². The first kappa shape index (κ1) is 16.0. The number of carbonyl (C=O) groups is 2. The van der Waals surface area contributed by atoms with Gasteiger partial charge in [0.25, 0.3) is 11.5 Å². The number of carbonyl (C=O) groups excluding carboxylic acids is 2. The number of rotatable bonds is 3.